The molecule has 0 unspecified atom stereocenters. The van der Waals surface area contributed by atoms with E-state index >= 15 is 0 Å². The highest BCUT2D eigenvalue weighted by Crippen LogP contribution is 2.28. The zero-order valence-electron chi connectivity index (χ0n) is 17.3. The van der Waals surface area contributed by atoms with Gasteiger partial charge in [0.05, 0.1) is 20.3 Å². The summed E-state index contributed by atoms with van der Waals surface area (Å²) in [6, 6.07) is 5.64. The van der Waals surface area contributed by atoms with E-state index in [1.54, 1.807) is 19.3 Å². The van der Waals surface area contributed by atoms with E-state index in [4.69, 9.17) is 14.2 Å². The number of piperidine rings is 1. The summed E-state index contributed by atoms with van der Waals surface area (Å²) in [5, 5.41) is 0. The zero-order valence-corrected chi connectivity index (χ0v) is 17.3. The molecule has 6 heteroatoms. The zero-order chi connectivity index (χ0) is 20.5. The van der Waals surface area contributed by atoms with Gasteiger partial charge in [0.25, 0.3) is 0 Å². The number of carbonyl (C=O) groups is 1. The Morgan fingerprint density at radius 2 is 1.97 bits per heavy atom. The standard InChI is InChI=1S/C23H32N2O4/c1-3-14-29-21-6-4-19(17-22(21)27-2)5-7-23(26)25-10-8-20(9-11-25)18-24-12-15-28-16-13-24/h3-7,17,20H,1,8-16,18H2,2H3/b7-5+. The molecular weight excluding hydrogens is 368 g/mol. The maximum atomic E-state index is 12.6. The van der Waals surface area contributed by atoms with Crippen LogP contribution in [0.2, 0.25) is 0 Å². The van der Waals surface area contributed by atoms with E-state index in [2.05, 4.69) is 11.5 Å². The monoisotopic (exact) mass is 400 g/mol. The van der Waals surface area contributed by atoms with Crippen molar-refractivity contribution in [2.45, 2.75) is 12.8 Å². The summed E-state index contributed by atoms with van der Waals surface area (Å²) in [5.74, 6) is 2.05. The highest BCUT2D eigenvalue weighted by molar-refractivity contribution is 5.91. The van der Waals surface area contributed by atoms with Crippen molar-refractivity contribution < 1.29 is 19.0 Å². The number of morpholine rings is 1. The van der Waals surface area contributed by atoms with E-state index in [1.807, 2.05) is 29.2 Å². The van der Waals surface area contributed by atoms with Gasteiger partial charge in [0.15, 0.2) is 11.5 Å². The molecule has 1 amide bonds. The maximum Gasteiger partial charge on any atom is 0.246 e. The molecule has 1 aromatic rings. The number of hydrogen-bond donors (Lipinski definition) is 0. The molecule has 0 N–H and O–H groups in total. The van der Waals surface area contributed by atoms with E-state index < -0.39 is 0 Å². The quantitative estimate of drug-likeness (QED) is 0.496. The first-order valence-corrected chi connectivity index (χ1v) is 10.4. The van der Waals surface area contributed by atoms with Crippen molar-refractivity contribution in [3.8, 4) is 11.5 Å². The topological polar surface area (TPSA) is 51.2 Å². The second kappa shape index (κ2) is 11.0. The fourth-order valence-corrected chi connectivity index (χ4v) is 3.81. The van der Waals surface area contributed by atoms with Gasteiger partial charge >= 0.3 is 0 Å². The van der Waals surface area contributed by atoms with Crippen LogP contribution in [0.5, 0.6) is 11.5 Å². The third kappa shape index (κ3) is 6.34. The van der Waals surface area contributed by atoms with E-state index in [-0.39, 0.29) is 5.91 Å². The number of amides is 1. The van der Waals surface area contributed by atoms with Gasteiger partial charge in [0, 0.05) is 38.8 Å². The maximum absolute atomic E-state index is 12.6. The number of likely N-dealkylation sites (tertiary alicyclic amines) is 1. The summed E-state index contributed by atoms with van der Waals surface area (Å²) >= 11 is 0. The smallest absolute Gasteiger partial charge is 0.246 e. The molecular formula is C23H32N2O4. The normalized spacial score (nSPS) is 18.7. The summed E-state index contributed by atoms with van der Waals surface area (Å²) in [5.41, 5.74) is 0.906. The lowest BCUT2D eigenvalue weighted by Gasteiger charge is -2.35. The molecule has 2 aliphatic heterocycles. The van der Waals surface area contributed by atoms with Gasteiger partial charge in [-0.3, -0.25) is 9.69 Å². The van der Waals surface area contributed by atoms with Crippen LogP contribution >= 0.6 is 0 Å². The number of methoxy groups -OCH3 is 1. The van der Waals surface area contributed by atoms with Crippen molar-refractivity contribution in [3.63, 3.8) is 0 Å². The molecule has 0 spiro atoms. The van der Waals surface area contributed by atoms with Gasteiger partial charge in [-0.05, 0) is 42.5 Å². The Morgan fingerprint density at radius 1 is 1.21 bits per heavy atom. The molecule has 0 aliphatic carbocycles. The number of hydrogen-bond acceptors (Lipinski definition) is 5. The molecule has 2 aliphatic rings. The average Bonchev–Trinajstić information content (AvgIpc) is 2.77. The van der Waals surface area contributed by atoms with Gasteiger partial charge < -0.3 is 19.1 Å². The van der Waals surface area contributed by atoms with Crippen LogP contribution in [-0.2, 0) is 9.53 Å². The van der Waals surface area contributed by atoms with Crippen LogP contribution in [0.3, 0.4) is 0 Å². The van der Waals surface area contributed by atoms with E-state index in [0.717, 1.165) is 64.3 Å². The molecule has 29 heavy (non-hydrogen) atoms. The lowest BCUT2D eigenvalue weighted by atomic mass is 9.96. The number of ether oxygens (including phenoxy) is 3. The van der Waals surface area contributed by atoms with Crippen molar-refractivity contribution in [1.29, 1.82) is 0 Å². The van der Waals surface area contributed by atoms with Crippen LogP contribution in [0.25, 0.3) is 6.08 Å². The van der Waals surface area contributed by atoms with Gasteiger partial charge in [0.1, 0.15) is 6.61 Å². The summed E-state index contributed by atoms with van der Waals surface area (Å²) < 4.78 is 16.4. The Kier molecular flexibility index (Phi) is 8.14. The molecule has 1 aromatic carbocycles. The van der Waals surface area contributed by atoms with Crippen LogP contribution in [0.1, 0.15) is 18.4 Å². The van der Waals surface area contributed by atoms with Gasteiger partial charge in [-0.2, -0.15) is 0 Å². The van der Waals surface area contributed by atoms with Crippen molar-refractivity contribution in [1.82, 2.24) is 9.80 Å². The van der Waals surface area contributed by atoms with Crippen molar-refractivity contribution >= 4 is 12.0 Å². The van der Waals surface area contributed by atoms with E-state index in [1.165, 1.54) is 0 Å². The van der Waals surface area contributed by atoms with Gasteiger partial charge in [-0.15, -0.1) is 0 Å². The molecule has 2 saturated heterocycles. The minimum Gasteiger partial charge on any atom is -0.493 e. The lowest BCUT2D eigenvalue weighted by molar-refractivity contribution is -0.127. The minimum absolute atomic E-state index is 0.0702. The molecule has 0 bridgehead atoms. The molecule has 0 aromatic heterocycles. The lowest BCUT2D eigenvalue weighted by Crippen LogP contribution is -2.43. The summed E-state index contributed by atoms with van der Waals surface area (Å²) in [4.78, 5) is 17.0. The molecule has 0 saturated carbocycles. The second-order valence-electron chi connectivity index (χ2n) is 7.52. The fourth-order valence-electron chi connectivity index (χ4n) is 3.81. The van der Waals surface area contributed by atoms with Crippen molar-refractivity contribution in [2.75, 3.05) is 59.7 Å². The number of carbonyl (C=O) groups excluding carboxylic acids is 1. The molecule has 3 rings (SSSR count). The number of nitrogens with zero attached hydrogens (tertiary/aromatic N) is 2. The van der Waals surface area contributed by atoms with Gasteiger partial charge in [-0.1, -0.05) is 18.7 Å². The van der Waals surface area contributed by atoms with E-state index in [9.17, 15) is 4.79 Å². The van der Waals surface area contributed by atoms with Crippen LogP contribution < -0.4 is 9.47 Å². The third-order valence-corrected chi connectivity index (χ3v) is 5.51. The molecule has 0 radical (unpaired) electrons. The van der Waals surface area contributed by atoms with Crippen LogP contribution in [0.15, 0.2) is 36.9 Å². The first-order chi connectivity index (χ1) is 14.2. The van der Waals surface area contributed by atoms with Crippen molar-refractivity contribution in [2.24, 2.45) is 5.92 Å². The Balaban J connectivity index is 1.48. The predicted octanol–water partition coefficient (Wildman–Crippen LogP) is 2.84. The first kappa shape index (κ1) is 21.4. The largest absolute Gasteiger partial charge is 0.493 e. The molecule has 2 heterocycles. The Bertz CT molecular complexity index is 705. The number of rotatable bonds is 8. The third-order valence-electron chi connectivity index (χ3n) is 5.51. The van der Waals surface area contributed by atoms with Gasteiger partial charge in [0.2, 0.25) is 5.91 Å². The second-order valence-corrected chi connectivity index (χ2v) is 7.52. The number of benzene rings is 1. The molecule has 6 nitrogen and oxygen atoms in total. The Hall–Kier alpha value is -2.31. The minimum atomic E-state index is 0.0702. The molecule has 158 valence electrons. The van der Waals surface area contributed by atoms with Crippen molar-refractivity contribution in [3.05, 3.63) is 42.5 Å². The Labute approximate surface area is 173 Å². The van der Waals surface area contributed by atoms with Crippen LogP contribution in [0, 0.1) is 5.92 Å². The SMILES string of the molecule is C=CCOc1ccc(/C=C/C(=O)N2CCC(CN3CCOCC3)CC2)cc1OC. The van der Waals surface area contributed by atoms with E-state index in [0.29, 0.717) is 24.0 Å². The summed E-state index contributed by atoms with van der Waals surface area (Å²) in [6.07, 6.45) is 7.32. The van der Waals surface area contributed by atoms with Crippen LogP contribution in [-0.4, -0.2) is 75.4 Å². The highest BCUT2D eigenvalue weighted by Gasteiger charge is 2.24. The molecule has 2 fully saturated rings. The average molecular weight is 401 g/mol. The summed E-state index contributed by atoms with van der Waals surface area (Å²) in [7, 11) is 1.61. The highest BCUT2D eigenvalue weighted by atomic mass is 16.5. The van der Waals surface area contributed by atoms with Crippen LogP contribution in [0.4, 0.5) is 0 Å². The Morgan fingerprint density at radius 3 is 2.66 bits per heavy atom. The first-order valence-electron chi connectivity index (χ1n) is 10.4. The summed E-state index contributed by atoms with van der Waals surface area (Å²) in [6.45, 7) is 10.6. The predicted molar refractivity (Wildman–Crippen MR) is 114 cm³/mol. The van der Waals surface area contributed by atoms with Gasteiger partial charge in [-0.25, -0.2) is 0 Å². The molecule has 0 atom stereocenters. The fraction of sp³-hybridized carbons (Fsp3) is 0.522.